The van der Waals surface area contributed by atoms with Crippen molar-refractivity contribution in [3.63, 3.8) is 0 Å². The van der Waals surface area contributed by atoms with Crippen LogP contribution in [-0.2, 0) is 11.3 Å². The SMILES string of the molecule is Cc1cnn(-c2ccc3c(c2)nc(N)c2nc(CN(C)CCCC=O)[nH]c23)c1. The van der Waals surface area contributed by atoms with Crippen molar-refractivity contribution in [1.82, 2.24) is 29.6 Å². The predicted molar refractivity (Wildman–Crippen MR) is 109 cm³/mol. The Hall–Kier alpha value is -3.26. The van der Waals surface area contributed by atoms with Gasteiger partial charge in [0.2, 0.25) is 0 Å². The van der Waals surface area contributed by atoms with Crippen LogP contribution in [0.2, 0.25) is 0 Å². The number of anilines is 1. The van der Waals surface area contributed by atoms with Crippen LogP contribution < -0.4 is 5.73 Å². The molecule has 0 aliphatic carbocycles. The van der Waals surface area contributed by atoms with E-state index in [0.29, 0.717) is 24.3 Å². The summed E-state index contributed by atoms with van der Waals surface area (Å²) in [5.74, 6) is 1.23. The lowest BCUT2D eigenvalue weighted by Crippen LogP contribution is -2.19. The number of nitrogens with one attached hydrogen (secondary N) is 1. The van der Waals surface area contributed by atoms with Crippen molar-refractivity contribution in [1.29, 1.82) is 0 Å². The van der Waals surface area contributed by atoms with Crippen molar-refractivity contribution in [2.45, 2.75) is 26.3 Å². The number of nitrogen functional groups attached to an aromatic ring is 1. The molecule has 1 aromatic carbocycles. The molecule has 0 amide bonds. The highest BCUT2D eigenvalue weighted by molar-refractivity contribution is 6.06. The van der Waals surface area contributed by atoms with Crippen LogP contribution in [0.5, 0.6) is 0 Å². The van der Waals surface area contributed by atoms with Gasteiger partial charge in [-0.25, -0.2) is 14.6 Å². The number of nitrogens with zero attached hydrogens (tertiary/aromatic N) is 5. The van der Waals surface area contributed by atoms with Crippen LogP contribution >= 0.6 is 0 Å². The first kappa shape index (κ1) is 18.1. The molecular formula is C20H23N7O. The number of unbranched alkanes of at least 4 members (excludes halogenated alkanes) is 1. The lowest BCUT2D eigenvalue weighted by Gasteiger charge is -2.13. The van der Waals surface area contributed by atoms with E-state index in [4.69, 9.17) is 5.73 Å². The van der Waals surface area contributed by atoms with E-state index in [1.807, 2.05) is 49.2 Å². The van der Waals surface area contributed by atoms with Crippen LogP contribution in [0.25, 0.3) is 27.6 Å². The van der Waals surface area contributed by atoms with E-state index in [1.165, 1.54) is 0 Å². The summed E-state index contributed by atoms with van der Waals surface area (Å²) in [5, 5.41) is 5.33. The van der Waals surface area contributed by atoms with E-state index in [0.717, 1.165) is 52.7 Å². The Morgan fingerprint density at radius 2 is 2.18 bits per heavy atom. The fourth-order valence-electron chi connectivity index (χ4n) is 3.36. The molecule has 0 radical (unpaired) electrons. The average molecular weight is 377 g/mol. The molecule has 4 rings (SSSR count). The predicted octanol–water partition coefficient (Wildman–Crippen LogP) is 2.60. The normalized spacial score (nSPS) is 11.7. The summed E-state index contributed by atoms with van der Waals surface area (Å²) in [5.41, 5.74) is 10.6. The second kappa shape index (κ2) is 7.40. The van der Waals surface area contributed by atoms with Crippen molar-refractivity contribution in [3.05, 3.63) is 42.0 Å². The Bertz CT molecular complexity index is 1140. The lowest BCUT2D eigenvalue weighted by atomic mass is 10.1. The first-order valence-corrected chi connectivity index (χ1v) is 9.27. The van der Waals surface area contributed by atoms with Crippen molar-refractivity contribution >= 4 is 34.0 Å². The molecule has 0 saturated heterocycles. The zero-order chi connectivity index (χ0) is 19.7. The second-order valence-corrected chi connectivity index (χ2v) is 7.11. The number of pyridine rings is 1. The highest BCUT2D eigenvalue weighted by Gasteiger charge is 2.14. The van der Waals surface area contributed by atoms with E-state index in [9.17, 15) is 4.79 Å². The highest BCUT2D eigenvalue weighted by Crippen LogP contribution is 2.28. The smallest absolute Gasteiger partial charge is 0.152 e. The molecule has 28 heavy (non-hydrogen) atoms. The first-order chi connectivity index (χ1) is 13.5. The standard InChI is InChI=1S/C20H23N7O/c1-13-10-22-27(11-13)14-5-6-15-16(9-14)23-20(21)19-18(15)24-17(25-19)12-26(2)7-3-4-8-28/h5-6,8-11H,3-4,7,12H2,1-2H3,(H2,21,23)(H,24,25). The molecule has 0 fully saturated rings. The van der Waals surface area contributed by atoms with Gasteiger partial charge in [-0.2, -0.15) is 5.10 Å². The van der Waals surface area contributed by atoms with Crippen molar-refractivity contribution in [2.24, 2.45) is 0 Å². The van der Waals surface area contributed by atoms with Gasteiger partial charge in [0.15, 0.2) is 5.82 Å². The van der Waals surface area contributed by atoms with Crippen molar-refractivity contribution in [3.8, 4) is 5.69 Å². The van der Waals surface area contributed by atoms with Gasteiger partial charge in [-0.05, 0) is 50.7 Å². The fourth-order valence-corrected chi connectivity index (χ4v) is 3.36. The molecule has 8 nitrogen and oxygen atoms in total. The number of nitrogens with two attached hydrogens (primary N) is 1. The average Bonchev–Trinajstić information content (AvgIpc) is 3.28. The van der Waals surface area contributed by atoms with Gasteiger partial charge in [-0.1, -0.05) is 0 Å². The number of hydrogen-bond donors (Lipinski definition) is 2. The topological polar surface area (TPSA) is 106 Å². The van der Waals surface area contributed by atoms with Gasteiger partial charge in [0.25, 0.3) is 0 Å². The third-order valence-electron chi connectivity index (χ3n) is 4.74. The quantitative estimate of drug-likeness (QED) is 0.379. The molecule has 0 spiro atoms. The molecule has 3 N–H and O–H groups in total. The fraction of sp³-hybridized carbons (Fsp3) is 0.300. The van der Waals surface area contributed by atoms with Gasteiger partial charge in [0, 0.05) is 18.0 Å². The van der Waals surface area contributed by atoms with Gasteiger partial charge in [-0.15, -0.1) is 0 Å². The minimum absolute atomic E-state index is 0.405. The number of aryl methyl sites for hydroxylation is 1. The number of aldehydes is 1. The van der Waals surface area contributed by atoms with E-state index in [-0.39, 0.29) is 0 Å². The van der Waals surface area contributed by atoms with Gasteiger partial charge in [0.1, 0.15) is 17.6 Å². The molecule has 0 aliphatic heterocycles. The monoisotopic (exact) mass is 377 g/mol. The minimum Gasteiger partial charge on any atom is -0.382 e. The summed E-state index contributed by atoms with van der Waals surface area (Å²) in [4.78, 5) is 25.2. The second-order valence-electron chi connectivity index (χ2n) is 7.11. The van der Waals surface area contributed by atoms with Gasteiger partial charge >= 0.3 is 0 Å². The summed E-state index contributed by atoms with van der Waals surface area (Å²) < 4.78 is 1.82. The number of H-pyrrole nitrogens is 1. The summed E-state index contributed by atoms with van der Waals surface area (Å²) in [6, 6.07) is 6.01. The van der Waals surface area contributed by atoms with E-state index < -0.39 is 0 Å². The Labute approximate surface area is 162 Å². The van der Waals surface area contributed by atoms with Crippen LogP contribution in [0, 0.1) is 6.92 Å². The maximum absolute atomic E-state index is 10.5. The van der Waals surface area contributed by atoms with Crippen LogP contribution in [0.3, 0.4) is 0 Å². The van der Waals surface area contributed by atoms with Crippen LogP contribution in [0.4, 0.5) is 5.82 Å². The zero-order valence-corrected chi connectivity index (χ0v) is 16.0. The number of carbonyl (C=O) groups is 1. The molecule has 0 bridgehead atoms. The summed E-state index contributed by atoms with van der Waals surface area (Å²) in [6.45, 7) is 3.49. The Balaban J connectivity index is 1.68. The third-order valence-corrected chi connectivity index (χ3v) is 4.74. The molecule has 4 aromatic rings. The molecular weight excluding hydrogens is 354 g/mol. The molecule has 0 unspecified atom stereocenters. The van der Waals surface area contributed by atoms with Crippen molar-refractivity contribution in [2.75, 3.05) is 19.3 Å². The number of rotatable bonds is 7. The summed E-state index contributed by atoms with van der Waals surface area (Å²) in [6.07, 6.45) is 6.15. The van der Waals surface area contributed by atoms with E-state index in [2.05, 4.69) is 25.0 Å². The van der Waals surface area contributed by atoms with Crippen LogP contribution in [-0.4, -0.2) is 49.5 Å². The Morgan fingerprint density at radius 1 is 1.32 bits per heavy atom. The zero-order valence-electron chi connectivity index (χ0n) is 16.0. The van der Waals surface area contributed by atoms with Crippen LogP contribution in [0.1, 0.15) is 24.2 Å². The first-order valence-electron chi connectivity index (χ1n) is 9.27. The number of aromatic nitrogens is 5. The molecule has 3 heterocycles. The summed E-state index contributed by atoms with van der Waals surface area (Å²) >= 11 is 0. The van der Waals surface area contributed by atoms with Gasteiger partial charge < -0.3 is 15.5 Å². The van der Waals surface area contributed by atoms with Gasteiger partial charge in [0.05, 0.1) is 29.5 Å². The van der Waals surface area contributed by atoms with Gasteiger partial charge in [-0.3, -0.25) is 4.90 Å². The highest BCUT2D eigenvalue weighted by atomic mass is 16.1. The molecule has 8 heteroatoms. The van der Waals surface area contributed by atoms with E-state index >= 15 is 0 Å². The van der Waals surface area contributed by atoms with Crippen LogP contribution in [0.15, 0.2) is 30.6 Å². The molecule has 144 valence electrons. The Morgan fingerprint density at radius 3 is 2.93 bits per heavy atom. The van der Waals surface area contributed by atoms with E-state index in [1.54, 1.807) is 0 Å². The minimum atomic E-state index is 0.405. The third kappa shape index (κ3) is 3.46. The number of benzene rings is 1. The number of fused-ring (bicyclic) bond motifs is 3. The molecule has 0 aliphatic rings. The molecule has 3 aromatic heterocycles. The molecule has 0 saturated carbocycles. The lowest BCUT2D eigenvalue weighted by molar-refractivity contribution is -0.108. The molecule has 0 atom stereocenters. The maximum Gasteiger partial charge on any atom is 0.152 e. The largest absolute Gasteiger partial charge is 0.382 e. The summed E-state index contributed by atoms with van der Waals surface area (Å²) in [7, 11) is 2.01. The Kier molecular flexibility index (Phi) is 4.79. The van der Waals surface area contributed by atoms with Crippen molar-refractivity contribution < 1.29 is 4.79 Å². The number of carbonyl (C=O) groups excluding carboxylic acids is 1. The number of hydrogen-bond acceptors (Lipinski definition) is 6. The maximum atomic E-state index is 10.5. The number of imidazole rings is 1. The number of aromatic amines is 1.